The Balaban J connectivity index is 1.36. The third kappa shape index (κ3) is 3.63. The number of nitrogens with two attached hydrogens (primary N) is 1. The van der Waals surface area contributed by atoms with Crippen molar-refractivity contribution in [1.29, 1.82) is 0 Å². The average molecular weight is 337 g/mol. The van der Waals surface area contributed by atoms with E-state index >= 15 is 0 Å². The zero-order chi connectivity index (χ0) is 17.4. The largest absolute Gasteiger partial charge is 0.439 e. The van der Waals surface area contributed by atoms with Gasteiger partial charge in [-0.15, -0.1) is 0 Å². The van der Waals surface area contributed by atoms with Crippen LogP contribution < -0.4 is 15.8 Å². The normalized spacial score (nSPS) is 21.4. The van der Waals surface area contributed by atoms with Crippen molar-refractivity contribution < 1.29 is 14.3 Å². The molecule has 2 saturated carbocycles. The van der Waals surface area contributed by atoms with Gasteiger partial charge in [0.05, 0.1) is 11.9 Å². The Hall–Kier alpha value is -2.89. The van der Waals surface area contributed by atoms with Crippen LogP contribution in [-0.4, -0.2) is 16.8 Å². The number of hydrogen-bond acceptors (Lipinski definition) is 4. The van der Waals surface area contributed by atoms with Crippen LogP contribution in [-0.2, 0) is 4.79 Å². The molecule has 6 heteroatoms. The number of anilines is 1. The van der Waals surface area contributed by atoms with Crippen molar-refractivity contribution in [3.8, 4) is 11.6 Å². The van der Waals surface area contributed by atoms with Crippen LogP contribution in [0, 0.1) is 17.8 Å². The second-order valence-electron chi connectivity index (χ2n) is 6.71. The maximum absolute atomic E-state index is 12.2. The number of pyridine rings is 1. The van der Waals surface area contributed by atoms with E-state index in [2.05, 4.69) is 10.3 Å². The smallest absolute Gasteiger partial charge is 0.248 e. The summed E-state index contributed by atoms with van der Waals surface area (Å²) in [5.74, 6) is 1.96. The molecule has 0 aliphatic heterocycles. The second kappa shape index (κ2) is 6.20. The summed E-state index contributed by atoms with van der Waals surface area (Å²) in [4.78, 5) is 27.6. The van der Waals surface area contributed by atoms with E-state index < -0.39 is 5.91 Å². The van der Waals surface area contributed by atoms with Gasteiger partial charge in [-0.2, -0.15) is 0 Å². The molecule has 2 aliphatic rings. The Morgan fingerprint density at radius 2 is 2.04 bits per heavy atom. The summed E-state index contributed by atoms with van der Waals surface area (Å²) >= 11 is 0. The van der Waals surface area contributed by atoms with Gasteiger partial charge in [0.1, 0.15) is 5.75 Å². The molecule has 2 atom stereocenters. The van der Waals surface area contributed by atoms with Crippen LogP contribution in [0.5, 0.6) is 11.6 Å². The van der Waals surface area contributed by atoms with Crippen molar-refractivity contribution in [2.45, 2.75) is 19.3 Å². The molecule has 25 heavy (non-hydrogen) atoms. The predicted octanol–water partition coefficient (Wildman–Crippen LogP) is 2.96. The molecule has 2 aromatic rings. The molecule has 6 nitrogen and oxygen atoms in total. The standard InChI is InChI=1S/C19H19N3O3/c20-18(23)12-2-1-3-14(8-12)25-17-7-6-13(10-21-17)22-19(24)16-9-15(16)11-4-5-11/h1-3,6-8,10-11,15-16H,4-5,9H2,(H2,20,23)(H,22,24)/t15-,16-/m1/s1. The van der Waals surface area contributed by atoms with E-state index in [0.717, 1.165) is 12.3 Å². The number of amides is 2. The van der Waals surface area contributed by atoms with Gasteiger partial charge >= 0.3 is 0 Å². The molecule has 2 aliphatic carbocycles. The van der Waals surface area contributed by atoms with Crippen LogP contribution in [0.3, 0.4) is 0 Å². The maximum atomic E-state index is 12.2. The number of ether oxygens (including phenoxy) is 1. The number of nitrogens with one attached hydrogen (secondary N) is 1. The van der Waals surface area contributed by atoms with E-state index in [0.29, 0.717) is 28.8 Å². The van der Waals surface area contributed by atoms with Gasteiger partial charge in [-0.3, -0.25) is 9.59 Å². The quantitative estimate of drug-likeness (QED) is 0.847. The highest BCUT2D eigenvalue weighted by Crippen LogP contribution is 2.54. The first-order valence-electron chi connectivity index (χ1n) is 8.45. The van der Waals surface area contributed by atoms with E-state index in [1.807, 2.05) is 0 Å². The van der Waals surface area contributed by atoms with Crippen LogP contribution >= 0.6 is 0 Å². The number of carbonyl (C=O) groups is 2. The number of carbonyl (C=O) groups excluding carboxylic acids is 2. The van der Waals surface area contributed by atoms with Gasteiger partial charge in [0, 0.05) is 17.5 Å². The number of nitrogens with zero attached hydrogens (tertiary/aromatic N) is 1. The van der Waals surface area contributed by atoms with Gasteiger partial charge in [0.2, 0.25) is 17.7 Å². The van der Waals surface area contributed by atoms with Crippen LogP contribution in [0.1, 0.15) is 29.6 Å². The van der Waals surface area contributed by atoms with E-state index in [1.54, 1.807) is 42.6 Å². The topological polar surface area (TPSA) is 94.3 Å². The highest BCUT2D eigenvalue weighted by molar-refractivity contribution is 5.94. The van der Waals surface area contributed by atoms with Gasteiger partial charge in [-0.1, -0.05) is 6.07 Å². The lowest BCUT2D eigenvalue weighted by atomic mass is 10.2. The molecular weight excluding hydrogens is 318 g/mol. The zero-order valence-electron chi connectivity index (χ0n) is 13.6. The molecule has 0 bridgehead atoms. The SMILES string of the molecule is NC(=O)c1cccc(Oc2ccc(NC(=O)[C@@H]3C[C@@H]3C3CC3)cn2)c1. The van der Waals surface area contributed by atoms with Gasteiger partial charge in [0.25, 0.3) is 0 Å². The highest BCUT2D eigenvalue weighted by Gasteiger charge is 2.51. The van der Waals surface area contributed by atoms with Crippen molar-refractivity contribution in [1.82, 2.24) is 4.98 Å². The monoisotopic (exact) mass is 337 g/mol. The number of hydrogen-bond donors (Lipinski definition) is 2. The molecule has 3 N–H and O–H groups in total. The first-order valence-corrected chi connectivity index (χ1v) is 8.45. The summed E-state index contributed by atoms with van der Waals surface area (Å²) < 4.78 is 5.61. The fourth-order valence-corrected chi connectivity index (χ4v) is 3.14. The molecule has 0 saturated heterocycles. The molecule has 0 radical (unpaired) electrons. The lowest BCUT2D eigenvalue weighted by Gasteiger charge is -2.08. The lowest BCUT2D eigenvalue weighted by molar-refractivity contribution is -0.117. The zero-order valence-corrected chi connectivity index (χ0v) is 13.6. The Morgan fingerprint density at radius 3 is 2.72 bits per heavy atom. The van der Waals surface area contributed by atoms with Crippen molar-refractivity contribution in [2.24, 2.45) is 23.5 Å². The summed E-state index contributed by atoms with van der Waals surface area (Å²) in [5.41, 5.74) is 6.28. The fraction of sp³-hybridized carbons (Fsp3) is 0.316. The Morgan fingerprint density at radius 1 is 1.20 bits per heavy atom. The molecule has 128 valence electrons. The van der Waals surface area contributed by atoms with Crippen molar-refractivity contribution in [3.05, 3.63) is 48.2 Å². The number of aromatic nitrogens is 1. The third-order valence-electron chi connectivity index (χ3n) is 4.75. The van der Waals surface area contributed by atoms with Crippen molar-refractivity contribution in [2.75, 3.05) is 5.32 Å². The van der Waals surface area contributed by atoms with Gasteiger partial charge in [0.15, 0.2) is 0 Å². The predicted molar refractivity (Wildman–Crippen MR) is 92.2 cm³/mol. The first kappa shape index (κ1) is 15.6. The Kier molecular flexibility index (Phi) is 3.87. The van der Waals surface area contributed by atoms with Gasteiger partial charge in [-0.05, 0) is 55.4 Å². The van der Waals surface area contributed by atoms with E-state index in [1.165, 1.54) is 12.8 Å². The molecule has 4 rings (SSSR count). The van der Waals surface area contributed by atoms with Crippen molar-refractivity contribution in [3.63, 3.8) is 0 Å². The summed E-state index contributed by atoms with van der Waals surface area (Å²) in [7, 11) is 0. The van der Waals surface area contributed by atoms with Crippen LogP contribution in [0.15, 0.2) is 42.6 Å². The fourth-order valence-electron chi connectivity index (χ4n) is 3.14. The van der Waals surface area contributed by atoms with Crippen LogP contribution in [0.4, 0.5) is 5.69 Å². The average Bonchev–Trinajstić information content (AvgIpc) is 3.47. The highest BCUT2D eigenvalue weighted by atomic mass is 16.5. The number of benzene rings is 1. The minimum Gasteiger partial charge on any atom is -0.439 e. The molecule has 1 heterocycles. The minimum atomic E-state index is -0.513. The molecule has 0 unspecified atom stereocenters. The van der Waals surface area contributed by atoms with E-state index in [4.69, 9.17) is 10.5 Å². The Labute approximate surface area is 145 Å². The maximum Gasteiger partial charge on any atom is 0.248 e. The lowest BCUT2D eigenvalue weighted by Crippen LogP contribution is -2.15. The van der Waals surface area contributed by atoms with Crippen molar-refractivity contribution >= 4 is 17.5 Å². The van der Waals surface area contributed by atoms with Crippen LogP contribution in [0.25, 0.3) is 0 Å². The minimum absolute atomic E-state index is 0.0847. The second-order valence-corrected chi connectivity index (χ2v) is 6.71. The van der Waals surface area contributed by atoms with Gasteiger partial charge in [-0.25, -0.2) is 4.98 Å². The third-order valence-corrected chi connectivity index (χ3v) is 4.75. The van der Waals surface area contributed by atoms with Crippen LogP contribution in [0.2, 0.25) is 0 Å². The van der Waals surface area contributed by atoms with E-state index in [-0.39, 0.29) is 11.8 Å². The molecule has 0 spiro atoms. The molecular formula is C19H19N3O3. The summed E-state index contributed by atoms with van der Waals surface area (Å²) in [5, 5.41) is 2.91. The summed E-state index contributed by atoms with van der Waals surface area (Å²) in [6.07, 6.45) is 5.14. The van der Waals surface area contributed by atoms with E-state index in [9.17, 15) is 9.59 Å². The summed E-state index contributed by atoms with van der Waals surface area (Å²) in [6.45, 7) is 0. The molecule has 1 aromatic heterocycles. The number of rotatable bonds is 6. The summed E-state index contributed by atoms with van der Waals surface area (Å²) in [6, 6.07) is 10.0. The Bertz CT molecular complexity index is 815. The molecule has 2 amide bonds. The number of primary amides is 1. The van der Waals surface area contributed by atoms with Gasteiger partial charge < -0.3 is 15.8 Å². The molecule has 2 fully saturated rings. The molecule has 1 aromatic carbocycles. The first-order chi connectivity index (χ1) is 12.1.